The summed E-state index contributed by atoms with van der Waals surface area (Å²) >= 11 is 0. The van der Waals surface area contributed by atoms with E-state index in [1.165, 1.54) is 4.90 Å². The number of aromatic amines is 1. The molecule has 1 aromatic carbocycles. The highest BCUT2D eigenvalue weighted by Gasteiger charge is 2.34. The molecule has 2 heterocycles. The summed E-state index contributed by atoms with van der Waals surface area (Å²) in [4.78, 5) is 17.2. The number of para-hydroxylation sites is 1. The number of sulfone groups is 1. The first-order chi connectivity index (χ1) is 10.9. The maximum Gasteiger partial charge on any atom is 0.239 e. The van der Waals surface area contributed by atoms with Crippen LogP contribution in [0, 0.1) is 0 Å². The Bertz CT molecular complexity index is 834. The first-order valence-electron chi connectivity index (χ1n) is 7.65. The third-order valence-corrected chi connectivity index (χ3v) is 6.29. The second kappa shape index (κ2) is 7.13. The molecule has 0 saturated carbocycles. The molecule has 1 unspecified atom stereocenters. The topological polar surface area (TPSA) is 96.3 Å². The number of carbonyl (C=O) groups excluding carboxylic acids is 1. The van der Waals surface area contributed by atoms with Gasteiger partial charge in [0.15, 0.2) is 9.84 Å². The van der Waals surface area contributed by atoms with Crippen molar-refractivity contribution in [3.63, 3.8) is 0 Å². The van der Waals surface area contributed by atoms with Crippen LogP contribution in [0.25, 0.3) is 10.9 Å². The molecule has 1 fully saturated rings. The Balaban J connectivity index is 0.00000208. The highest BCUT2D eigenvalue weighted by Crippen LogP contribution is 2.21. The first-order valence-corrected chi connectivity index (χ1v) is 9.47. The minimum Gasteiger partial charge on any atom is -0.361 e. The van der Waals surface area contributed by atoms with Crippen LogP contribution in [0.1, 0.15) is 12.0 Å². The predicted octanol–water partition coefficient (Wildman–Crippen LogP) is 1.10. The summed E-state index contributed by atoms with van der Waals surface area (Å²) in [6.07, 6.45) is 2.79. The number of hydrogen-bond acceptors (Lipinski definition) is 4. The lowest BCUT2D eigenvalue weighted by atomic mass is 10.0. The maximum absolute atomic E-state index is 12.5. The molecule has 6 nitrogen and oxygen atoms in total. The third-order valence-electron chi connectivity index (χ3n) is 4.54. The second-order valence-electron chi connectivity index (χ2n) is 6.18. The normalized spacial score (nSPS) is 20.5. The minimum absolute atomic E-state index is 0. The lowest BCUT2D eigenvalue weighted by Gasteiger charge is -2.26. The zero-order valence-electron chi connectivity index (χ0n) is 13.4. The number of nitrogens with one attached hydrogen (secondary N) is 1. The van der Waals surface area contributed by atoms with Crippen molar-refractivity contribution in [2.24, 2.45) is 5.73 Å². The Kier molecular flexibility index (Phi) is 5.57. The van der Waals surface area contributed by atoms with Crippen molar-refractivity contribution >= 4 is 39.1 Å². The summed E-state index contributed by atoms with van der Waals surface area (Å²) in [7, 11) is -1.38. The van der Waals surface area contributed by atoms with Crippen LogP contribution in [-0.2, 0) is 21.1 Å². The molecule has 0 spiro atoms. The average Bonchev–Trinajstić information content (AvgIpc) is 3.09. The molecule has 0 aliphatic carbocycles. The summed E-state index contributed by atoms with van der Waals surface area (Å²) in [6.45, 7) is 0. The SMILES string of the molecule is CN(C(=O)[C@@H](N)Cc1c[nH]c2ccccc12)C1CCS(=O)(=O)C1.Cl. The molecule has 3 rings (SSSR count). The van der Waals surface area contributed by atoms with E-state index in [-0.39, 0.29) is 35.9 Å². The van der Waals surface area contributed by atoms with Gasteiger partial charge in [-0.3, -0.25) is 4.79 Å². The number of halogens is 1. The van der Waals surface area contributed by atoms with Gasteiger partial charge in [-0.2, -0.15) is 0 Å². The van der Waals surface area contributed by atoms with E-state index < -0.39 is 15.9 Å². The molecule has 1 aliphatic heterocycles. The van der Waals surface area contributed by atoms with Crippen LogP contribution in [0.4, 0.5) is 0 Å². The fraction of sp³-hybridized carbons (Fsp3) is 0.438. The maximum atomic E-state index is 12.5. The molecule has 0 radical (unpaired) electrons. The number of benzene rings is 1. The van der Waals surface area contributed by atoms with Crippen LogP contribution in [0.2, 0.25) is 0 Å². The molecule has 1 amide bonds. The Morgan fingerprint density at radius 2 is 2.12 bits per heavy atom. The van der Waals surface area contributed by atoms with Crippen LogP contribution >= 0.6 is 12.4 Å². The Morgan fingerprint density at radius 1 is 1.42 bits per heavy atom. The van der Waals surface area contributed by atoms with Gasteiger partial charge < -0.3 is 15.6 Å². The Hall–Kier alpha value is -1.57. The van der Waals surface area contributed by atoms with Crippen molar-refractivity contribution in [1.82, 2.24) is 9.88 Å². The van der Waals surface area contributed by atoms with E-state index in [0.717, 1.165) is 16.5 Å². The number of aromatic nitrogens is 1. The molecule has 132 valence electrons. The summed E-state index contributed by atoms with van der Waals surface area (Å²) in [5.41, 5.74) is 8.09. The van der Waals surface area contributed by atoms with Gasteiger partial charge in [0.05, 0.1) is 17.5 Å². The van der Waals surface area contributed by atoms with Crippen molar-refractivity contribution in [3.8, 4) is 0 Å². The van der Waals surface area contributed by atoms with Crippen molar-refractivity contribution < 1.29 is 13.2 Å². The smallest absolute Gasteiger partial charge is 0.239 e. The van der Waals surface area contributed by atoms with E-state index in [9.17, 15) is 13.2 Å². The van der Waals surface area contributed by atoms with Gasteiger partial charge in [0, 0.05) is 30.2 Å². The first kappa shape index (κ1) is 18.8. The minimum atomic E-state index is -3.02. The largest absolute Gasteiger partial charge is 0.361 e. The number of amides is 1. The lowest BCUT2D eigenvalue weighted by Crippen LogP contribution is -2.47. The lowest BCUT2D eigenvalue weighted by molar-refractivity contribution is -0.132. The van der Waals surface area contributed by atoms with Crippen LogP contribution in [0.15, 0.2) is 30.5 Å². The van der Waals surface area contributed by atoms with Gasteiger partial charge in [-0.15, -0.1) is 12.4 Å². The molecule has 1 saturated heterocycles. The van der Waals surface area contributed by atoms with Crippen LogP contribution in [0.3, 0.4) is 0 Å². The highest BCUT2D eigenvalue weighted by molar-refractivity contribution is 7.91. The molecule has 24 heavy (non-hydrogen) atoms. The van der Waals surface area contributed by atoms with Gasteiger partial charge in [-0.1, -0.05) is 18.2 Å². The molecular formula is C16H22ClN3O3S. The monoisotopic (exact) mass is 371 g/mol. The molecule has 2 aromatic rings. The van der Waals surface area contributed by atoms with Crippen molar-refractivity contribution in [1.29, 1.82) is 0 Å². The summed E-state index contributed by atoms with van der Waals surface area (Å²) < 4.78 is 23.1. The van der Waals surface area contributed by atoms with Crippen molar-refractivity contribution in [2.75, 3.05) is 18.6 Å². The summed E-state index contributed by atoms with van der Waals surface area (Å²) in [6, 6.07) is 6.92. The molecule has 2 atom stereocenters. The molecule has 0 bridgehead atoms. The number of H-pyrrole nitrogens is 1. The molecule has 1 aromatic heterocycles. The summed E-state index contributed by atoms with van der Waals surface area (Å²) in [5.74, 6) is -0.0282. The van der Waals surface area contributed by atoms with Gasteiger partial charge in [-0.05, 0) is 24.5 Å². The third kappa shape index (κ3) is 3.74. The summed E-state index contributed by atoms with van der Waals surface area (Å²) in [5, 5.41) is 1.06. The van der Waals surface area contributed by atoms with E-state index in [2.05, 4.69) is 4.98 Å². The van der Waals surface area contributed by atoms with Gasteiger partial charge in [0.2, 0.25) is 5.91 Å². The number of rotatable bonds is 4. The number of nitrogens with zero attached hydrogens (tertiary/aromatic N) is 1. The Morgan fingerprint density at radius 3 is 2.79 bits per heavy atom. The number of fused-ring (bicyclic) bond motifs is 1. The number of hydrogen-bond donors (Lipinski definition) is 2. The van der Waals surface area contributed by atoms with Gasteiger partial charge in [-0.25, -0.2) is 8.42 Å². The standard InChI is InChI=1S/C16H21N3O3S.ClH/c1-19(12-6-7-23(21,22)10-12)16(20)14(17)8-11-9-18-15-5-3-2-4-13(11)15;/h2-5,9,12,14,18H,6-8,10,17H2,1H3;1H/t12?,14-;/m0./s1. The fourth-order valence-corrected chi connectivity index (χ4v) is 4.92. The van der Waals surface area contributed by atoms with E-state index in [1.807, 2.05) is 30.5 Å². The van der Waals surface area contributed by atoms with Gasteiger partial charge in [0.25, 0.3) is 0 Å². The van der Waals surface area contributed by atoms with E-state index in [1.54, 1.807) is 7.05 Å². The molecule has 1 aliphatic rings. The van der Waals surface area contributed by atoms with E-state index >= 15 is 0 Å². The number of carbonyl (C=O) groups is 1. The molecule has 3 N–H and O–H groups in total. The quantitative estimate of drug-likeness (QED) is 0.841. The van der Waals surface area contributed by atoms with Gasteiger partial charge in [0.1, 0.15) is 0 Å². The zero-order chi connectivity index (χ0) is 16.6. The van der Waals surface area contributed by atoms with Crippen LogP contribution in [-0.4, -0.2) is 54.8 Å². The Labute approximate surface area is 147 Å². The van der Waals surface area contributed by atoms with Crippen LogP contribution in [0.5, 0.6) is 0 Å². The zero-order valence-corrected chi connectivity index (χ0v) is 15.1. The van der Waals surface area contributed by atoms with Crippen molar-refractivity contribution in [3.05, 3.63) is 36.0 Å². The van der Waals surface area contributed by atoms with E-state index in [4.69, 9.17) is 5.73 Å². The second-order valence-corrected chi connectivity index (χ2v) is 8.40. The van der Waals surface area contributed by atoms with Crippen molar-refractivity contribution in [2.45, 2.75) is 24.9 Å². The highest BCUT2D eigenvalue weighted by atomic mass is 35.5. The number of likely N-dealkylation sites (N-methyl/N-ethyl adjacent to an activating group) is 1. The number of nitrogens with two attached hydrogens (primary N) is 1. The average molecular weight is 372 g/mol. The van der Waals surface area contributed by atoms with Crippen LogP contribution < -0.4 is 5.73 Å². The molecule has 8 heteroatoms. The fourth-order valence-electron chi connectivity index (χ4n) is 3.15. The molecular weight excluding hydrogens is 350 g/mol. The van der Waals surface area contributed by atoms with E-state index in [0.29, 0.717) is 12.8 Å². The predicted molar refractivity (Wildman–Crippen MR) is 97.1 cm³/mol. The van der Waals surface area contributed by atoms with Gasteiger partial charge >= 0.3 is 0 Å².